The fourth-order valence-corrected chi connectivity index (χ4v) is 5.28. The number of urea groups is 1. The highest BCUT2D eigenvalue weighted by molar-refractivity contribution is 5.90. The minimum atomic E-state index is -0.369. The molecule has 2 amide bonds. The van der Waals surface area contributed by atoms with Gasteiger partial charge in [0.2, 0.25) is 0 Å². The topological polar surface area (TPSA) is 72.3 Å². The molecule has 0 bridgehead atoms. The van der Waals surface area contributed by atoms with Crippen molar-refractivity contribution < 1.29 is 4.79 Å². The van der Waals surface area contributed by atoms with E-state index in [1.165, 1.54) is 35.1 Å². The van der Waals surface area contributed by atoms with Gasteiger partial charge in [0, 0.05) is 17.9 Å². The van der Waals surface area contributed by atoms with Crippen molar-refractivity contribution in [1.82, 2.24) is 0 Å². The average Bonchev–Trinajstić information content (AvgIpc) is 2.77. The first-order chi connectivity index (χ1) is 14.8. The molecule has 4 nitrogen and oxygen atoms in total. The van der Waals surface area contributed by atoms with Gasteiger partial charge in [-0.05, 0) is 90.3 Å². The quantitative estimate of drug-likeness (QED) is 0.509. The Balaban J connectivity index is 1.81. The van der Waals surface area contributed by atoms with Gasteiger partial charge in [0.05, 0.1) is 0 Å². The molecule has 4 N–H and O–H groups in total. The third-order valence-electron chi connectivity index (χ3n) is 6.99. The lowest BCUT2D eigenvalue weighted by Gasteiger charge is -2.35. The van der Waals surface area contributed by atoms with E-state index in [-0.39, 0.29) is 6.03 Å². The number of primary amides is 1. The van der Waals surface area contributed by atoms with Crippen LogP contribution in [0.5, 0.6) is 0 Å². The Bertz CT molecular complexity index is 888. The number of carbonyl (C=O) groups is 1. The summed E-state index contributed by atoms with van der Waals surface area (Å²) in [6.45, 7) is 9.45. The van der Waals surface area contributed by atoms with Gasteiger partial charge >= 0.3 is 6.03 Å². The van der Waals surface area contributed by atoms with Crippen LogP contribution in [0.15, 0.2) is 36.4 Å². The molecule has 2 unspecified atom stereocenters. The van der Waals surface area contributed by atoms with Crippen LogP contribution >= 0.6 is 0 Å². The monoisotopic (exact) mass is 421 g/mol. The summed E-state index contributed by atoms with van der Waals surface area (Å²) in [6, 6.07) is 12.2. The second kappa shape index (κ2) is 10.2. The van der Waals surface area contributed by atoms with Crippen molar-refractivity contribution >= 4 is 17.4 Å². The number of hydrogen-bond acceptors (Lipinski definition) is 2. The molecule has 3 rings (SSSR count). The fourth-order valence-electron chi connectivity index (χ4n) is 5.28. The molecule has 0 spiro atoms. The Morgan fingerprint density at radius 1 is 1.06 bits per heavy atom. The Hall–Kier alpha value is -2.49. The zero-order valence-corrected chi connectivity index (χ0v) is 19.7. The maximum absolute atomic E-state index is 12.3. The summed E-state index contributed by atoms with van der Waals surface area (Å²) in [5, 5.41) is 0. The van der Waals surface area contributed by atoms with Crippen molar-refractivity contribution in [3.63, 3.8) is 0 Å². The molecular formula is C27H39N3O. The van der Waals surface area contributed by atoms with Crippen molar-refractivity contribution in [1.29, 1.82) is 0 Å². The molecule has 2 aromatic carbocycles. The highest BCUT2D eigenvalue weighted by atomic mass is 16.2. The van der Waals surface area contributed by atoms with Gasteiger partial charge in [-0.25, -0.2) is 4.79 Å². The number of carbonyl (C=O) groups excluding carboxylic acids is 1. The Morgan fingerprint density at radius 3 is 2.35 bits per heavy atom. The lowest BCUT2D eigenvalue weighted by Crippen LogP contribution is -2.40. The molecule has 4 heteroatoms. The Labute approximate surface area is 188 Å². The predicted molar refractivity (Wildman–Crippen MR) is 132 cm³/mol. The first-order valence-electron chi connectivity index (χ1n) is 11.9. The van der Waals surface area contributed by atoms with Gasteiger partial charge in [0.25, 0.3) is 0 Å². The van der Waals surface area contributed by atoms with E-state index in [1.54, 1.807) is 4.90 Å². The summed E-state index contributed by atoms with van der Waals surface area (Å²) < 4.78 is 0. The Kier molecular flexibility index (Phi) is 7.64. The SMILES string of the molecule is CCc1ccc(N)c(CC)c1C1CCCC(CN(C(N)=O)c2ccc(C(C)C)cc2)C1. The molecule has 0 saturated heterocycles. The van der Waals surface area contributed by atoms with Crippen molar-refractivity contribution in [2.24, 2.45) is 11.7 Å². The van der Waals surface area contributed by atoms with Crippen LogP contribution in [0, 0.1) is 5.92 Å². The zero-order valence-electron chi connectivity index (χ0n) is 19.7. The number of amides is 2. The molecule has 0 heterocycles. The molecule has 2 atom stereocenters. The molecule has 0 radical (unpaired) electrons. The summed E-state index contributed by atoms with van der Waals surface area (Å²) in [5.74, 6) is 1.41. The largest absolute Gasteiger partial charge is 0.398 e. The molecule has 1 saturated carbocycles. The van der Waals surface area contributed by atoms with Crippen LogP contribution in [0.2, 0.25) is 0 Å². The highest BCUT2D eigenvalue weighted by Gasteiger charge is 2.29. The molecule has 1 aliphatic rings. The zero-order chi connectivity index (χ0) is 22.5. The number of anilines is 2. The average molecular weight is 422 g/mol. The highest BCUT2D eigenvalue weighted by Crippen LogP contribution is 2.41. The van der Waals surface area contributed by atoms with Crippen LogP contribution in [0.3, 0.4) is 0 Å². The number of nitrogen functional groups attached to an aromatic ring is 1. The van der Waals surface area contributed by atoms with Gasteiger partial charge in [0.1, 0.15) is 0 Å². The first-order valence-corrected chi connectivity index (χ1v) is 11.9. The summed E-state index contributed by atoms with van der Waals surface area (Å²) in [7, 11) is 0. The van der Waals surface area contributed by atoms with Crippen molar-refractivity contribution in [2.75, 3.05) is 17.2 Å². The number of rotatable bonds is 7. The van der Waals surface area contributed by atoms with E-state index < -0.39 is 0 Å². The molecule has 0 aromatic heterocycles. The smallest absolute Gasteiger partial charge is 0.319 e. The van der Waals surface area contributed by atoms with Gasteiger partial charge in [-0.3, -0.25) is 4.90 Å². The lowest BCUT2D eigenvalue weighted by molar-refractivity contribution is 0.249. The van der Waals surface area contributed by atoms with Gasteiger partial charge in [-0.2, -0.15) is 0 Å². The van der Waals surface area contributed by atoms with E-state index in [4.69, 9.17) is 11.5 Å². The van der Waals surface area contributed by atoms with E-state index in [2.05, 4.69) is 52.0 Å². The number of nitrogens with two attached hydrogens (primary N) is 2. The molecule has 1 aliphatic carbocycles. The van der Waals surface area contributed by atoms with Gasteiger partial charge in [0.15, 0.2) is 0 Å². The van der Waals surface area contributed by atoms with Gasteiger partial charge in [-0.15, -0.1) is 0 Å². The van der Waals surface area contributed by atoms with E-state index >= 15 is 0 Å². The van der Waals surface area contributed by atoms with Crippen molar-refractivity contribution in [2.45, 2.75) is 78.1 Å². The van der Waals surface area contributed by atoms with Gasteiger partial charge < -0.3 is 11.5 Å². The molecule has 2 aromatic rings. The molecule has 168 valence electrons. The summed E-state index contributed by atoms with van der Waals surface area (Å²) in [5.41, 5.74) is 19.5. The van der Waals surface area contributed by atoms with Crippen LogP contribution in [0.25, 0.3) is 0 Å². The summed E-state index contributed by atoms with van der Waals surface area (Å²) >= 11 is 0. The maximum atomic E-state index is 12.3. The fraction of sp³-hybridized carbons (Fsp3) is 0.519. The first kappa shape index (κ1) is 23.2. The van der Waals surface area contributed by atoms with Crippen LogP contribution in [0.1, 0.15) is 87.5 Å². The van der Waals surface area contributed by atoms with Crippen LogP contribution in [0.4, 0.5) is 16.2 Å². The normalized spacial score (nSPS) is 18.9. The van der Waals surface area contributed by atoms with Crippen LogP contribution < -0.4 is 16.4 Å². The molecular weight excluding hydrogens is 382 g/mol. The maximum Gasteiger partial charge on any atom is 0.319 e. The third-order valence-corrected chi connectivity index (χ3v) is 6.99. The molecule has 1 fully saturated rings. The van der Waals surface area contributed by atoms with E-state index in [0.29, 0.717) is 24.3 Å². The van der Waals surface area contributed by atoms with Crippen molar-refractivity contribution in [3.8, 4) is 0 Å². The van der Waals surface area contributed by atoms with Crippen LogP contribution in [-0.4, -0.2) is 12.6 Å². The minimum absolute atomic E-state index is 0.369. The minimum Gasteiger partial charge on any atom is -0.398 e. The van der Waals surface area contributed by atoms with Crippen molar-refractivity contribution in [3.05, 3.63) is 58.7 Å². The molecule has 0 aliphatic heterocycles. The Morgan fingerprint density at radius 2 is 1.77 bits per heavy atom. The molecule has 31 heavy (non-hydrogen) atoms. The second-order valence-corrected chi connectivity index (χ2v) is 9.34. The number of nitrogens with zero attached hydrogens (tertiary/aromatic N) is 1. The number of benzene rings is 2. The summed E-state index contributed by atoms with van der Waals surface area (Å²) in [4.78, 5) is 14.1. The third kappa shape index (κ3) is 5.23. The number of aryl methyl sites for hydroxylation is 1. The van der Waals surface area contributed by atoms with E-state index in [0.717, 1.165) is 37.1 Å². The second-order valence-electron chi connectivity index (χ2n) is 9.34. The number of hydrogen-bond donors (Lipinski definition) is 2. The predicted octanol–water partition coefficient (Wildman–Crippen LogP) is 6.38. The summed E-state index contributed by atoms with van der Waals surface area (Å²) in [6.07, 6.45) is 6.58. The van der Waals surface area contributed by atoms with Gasteiger partial charge in [-0.1, -0.05) is 52.3 Å². The van der Waals surface area contributed by atoms with E-state index in [9.17, 15) is 4.79 Å². The van der Waals surface area contributed by atoms with Crippen LogP contribution in [-0.2, 0) is 12.8 Å². The van der Waals surface area contributed by atoms with E-state index in [1.807, 2.05) is 12.1 Å². The lowest BCUT2D eigenvalue weighted by atomic mass is 9.74. The standard InChI is InChI=1S/C27H39N3O/c1-5-20-12-15-25(28)24(6-2)26(20)22-9-7-8-19(16-22)17-30(27(29)31)23-13-10-21(11-14-23)18(3)4/h10-15,18-19,22H,5-9,16-17,28H2,1-4H3,(H2,29,31).